The Morgan fingerprint density at radius 1 is 1.42 bits per heavy atom. The number of rotatable bonds is 5. The molecular formula is C15H15FN4O3S. The zero-order valence-corrected chi connectivity index (χ0v) is 13.7. The van der Waals surface area contributed by atoms with Crippen molar-refractivity contribution in [2.75, 3.05) is 23.9 Å². The number of nitrogens with one attached hydrogen (secondary N) is 1. The number of carbonyl (C=O) groups excluding carboxylic acids is 2. The van der Waals surface area contributed by atoms with Gasteiger partial charge in [-0.1, -0.05) is 11.3 Å². The molecular weight excluding hydrogens is 335 g/mol. The van der Waals surface area contributed by atoms with Crippen molar-refractivity contribution < 1.29 is 18.7 Å². The van der Waals surface area contributed by atoms with Crippen molar-refractivity contribution in [1.82, 2.24) is 10.2 Å². The monoisotopic (exact) mass is 350 g/mol. The van der Waals surface area contributed by atoms with Gasteiger partial charge in [0.1, 0.15) is 17.4 Å². The summed E-state index contributed by atoms with van der Waals surface area (Å²) in [7, 11) is 1.55. The summed E-state index contributed by atoms with van der Waals surface area (Å²) in [5, 5.41) is 11.5. The minimum absolute atomic E-state index is 0.104. The second-order valence-corrected chi connectivity index (χ2v) is 6.37. The lowest BCUT2D eigenvalue weighted by Crippen LogP contribution is -2.28. The third-order valence-corrected chi connectivity index (χ3v) is 4.41. The molecule has 2 aromatic rings. The fraction of sp³-hybridized carbons (Fsp3) is 0.333. The molecule has 1 aliphatic rings. The summed E-state index contributed by atoms with van der Waals surface area (Å²) in [5.41, 5.74) is 0.579. The minimum Gasteiger partial charge on any atom is -0.377 e. The number of amides is 2. The minimum atomic E-state index is -0.489. The van der Waals surface area contributed by atoms with E-state index in [0.29, 0.717) is 22.4 Å². The number of aromatic nitrogens is 2. The molecule has 24 heavy (non-hydrogen) atoms. The van der Waals surface area contributed by atoms with Gasteiger partial charge in [0.05, 0.1) is 5.92 Å². The van der Waals surface area contributed by atoms with E-state index >= 15 is 0 Å². The van der Waals surface area contributed by atoms with Crippen LogP contribution in [0.3, 0.4) is 0 Å². The van der Waals surface area contributed by atoms with Gasteiger partial charge in [-0.05, 0) is 24.3 Å². The summed E-state index contributed by atoms with van der Waals surface area (Å²) in [5.74, 6) is -1.31. The highest BCUT2D eigenvalue weighted by molar-refractivity contribution is 7.15. The van der Waals surface area contributed by atoms with Gasteiger partial charge >= 0.3 is 0 Å². The molecule has 0 aliphatic carbocycles. The molecule has 1 atom stereocenters. The van der Waals surface area contributed by atoms with Gasteiger partial charge in [0.25, 0.3) is 0 Å². The first-order valence-electron chi connectivity index (χ1n) is 7.25. The average molecular weight is 350 g/mol. The fourth-order valence-corrected chi connectivity index (χ4v) is 3.16. The standard InChI is InChI=1S/C15H15FN4O3S/c1-23-8-12-18-19-15(24-12)17-14(22)9-6-13(21)20(7-9)11-4-2-10(16)3-5-11/h2-5,9H,6-8H2,1H3,(H,17,19,22). The van der Waals surface area contributed by atoms with Crippen LogP contribution in [0.25, 0.3) is 0 Å². The highest BCUT2D eigenvalue weighted by atomic mass is 32.1. The zero-order valence-electron chi connectivity index (χ0n) is 12.9. The molecule has 0 bridgehead atoms. The first-order chi connectivity index (χ1) is 11.6. The van der Waals surface area contributed by atoms with Gasteiger partial charge in [0, 0.05) is 25.8 Å². The van der Waals surface area contributed by atoms with Crippen molar-refractivity contribution in [3.05, 3.63) is 35.1 Å². The van der Waals surface area contributed by atoms with Crippen LogP contribution in [0.4, 0.5) is 15.2 Å². The molecule has 2 amide bonds. The molecule has 1 aromatic heterocycles. The van der Waals surface area contributed by atoms with Crippen molar-refractivity contribution in [1.29, 1.82) is 0 Å². The van der Waals surface area contributed by atoms with Crippen LogP contribution in [0.15, 0.2) is 24.3 Å². The Bertz CT molecular complexity index is 749. The topological polar surface area (TPSA) is 84.4 Å². The van der Waals surface area contributed by atoms with E-state index in [-0.39, 0.29) is 30.6 Å². The van der Waals surface area contributed by atoms with Crippen LogP contribution in [0.2, 0.25) is 0 Å². The van der Waals surface area contributed by atoms with Crippen LogP contribution in [-0.2, 0) is 20.9 Å². The molecule has 1 fully saturated rings. The molecule has 0 saturated carbocycles. The van der Waals surface area contributed by atoms with E-state index in [0.717, 1.165) is 0 Å². The zero-order chi connectivity index (χ0) is 17.1. The molecule has 1 aliphatic heterocycles. The van der Waals surface area contributed by atoms with Crippen LogP contribution in [0, 0.1) is 11.7 Å². The number of hydrogen-bond donors (Lipinski definition) is 1. The van der Waals surface area contributed by atoms with Crippen LogP contribution < -0.4 is 10.2 Å². The predicted molar refractivity (Wildman–Crippen MR) is 86.1 cm³/mol. The van der Waals surface area contributed by atoms with E-state index in [2.05, 4.69) is 15.5 Å². The summed E-state index contributed by atoms with van der Waals surface area (Å²) < 4.78 is 17.9. The Balaban J connectivity index is 1.64. The molecule has 1 aromatic carbocycles. The van der Waals surface area contributed by atoms with Crippen LogP contribution in [0.5, 0.6) is 0 Å². The Morgan fingerprint density at radius 2 is 2.17 bits per heavy atom. The number of anilines is 2. The summed E-state index contributed by atoms with van der Waals surface area (Å²) in [4.78, 5) is 25.9. The first kappa shape index (κ1) is 16.5. The lowest BCUT2D eigenvalue weighted by Gasteiger charge is -2.16. The van der Waals surface area contributed by atoms with Crippen LogP contribution in [0.1, 0.15) is 11.4 Å². The van der Waals surface area contributed by atoms with E-state index in [1.807, 2.05) is 0 Å². The van der Waals surface area contributed by atoms with Crippen molar-refractivity contribution in [3.8, 4) is 0 Å². The highest BCUT2D eigenvalue weighted by Gasteiger charge is 2.35. The largest absolute Gasteiger partial charge is 0.377 e. The second kappa shape index (κ2) is 7.02. The molecule has 0 spiro atoms. The first-order valence-corrected chi connectivity index (χ1v) is 8.06. The quantitative estimate of drug-likeness (QED) is 0.889. The summed E-state index contributed by atoms with van der Waals surface area (Å²) in [6.45, 7) is 0.577. The van der Waals surface area contributed by atoms with Crippen molar-refractivity contribution >= 4 is 34.0 Å². The smallest absolute Gasteiger partial charge is 0.231 e. The van der Waals surface area contributed by atoms with E-state index in [4.69, 9.17) is 4.74 Å². The van der Waals surface area contributed by atoms with E-state index in [1.54, 1.807) is 7.11 Å². The molecule has 3 rings (SSSR count). The molecule has 126 valence electrons. The number of methoxy groups -OCH3 is 1. The van der Waals surface area contributed by atoms with Crippen LogP contribution in [-0.4, -0.2) is 35.7 Å². The van der Waals surface area contributed by atoms with Gasteiger partial charge in [-0.2, -0.15) is 0 Å². The van der Waals surface area contributed by atoms with Gasteiger partial charge in [-0.3, -0.25) is 9.59 Å². The van der Waals surface area contributed by atoms with Gasteiger partial charge in [-0.15, -0.1) is 10.2 Å². The van der Waals surface area contributed by atoms with Crippen LogP contribution >= 0.6 is 11.3 Å². The van der Waals surface area contributed by atoms with Crippen molar-refractivity contribution in [3.63, 3.8) is 0 Å². The summed E-state index contributed by atoms with van der Waals surface area (Å²) >= 11 is 1.22. The molecule has 1 N–H and O–H groups in total. The number of carbonyl (C=O) groups is 2. The van der Waals surface area contributed by atoms with Gasteiger partial charge in [0.2, 0.25) is 16.9 Å². The number of benzene rings is 1. The Labute approximate surface area is 141 Å². The van der Waals surface area contributed by atoms with E-state index in [9.17, 15) is 14.0 Å². The Hall–Kier alpha value is -2.39. The third kappa shape index (κ3) is 3.57. The highest BCUT2D eigenvalue weighted by Crippen LogP contribution is 2.26. The summed E-state index contributed by atoms with van der Waals surface area (Å²) in [6, 6.07) is 5.62. The Morgan fingerprint density at radius 3 is 2.88 bits per heavy atom. The molecule has 9 heteroatoms. The number of ether oxygens (including phenoxy) is 1. The fourth-order valence-electron chi connectivity index (χ4n) is 2.45. The van der Waals surface area contributed by atoms with Crippen molar-refractivity contribution in [2.45, 2.75) is 13.0 Å². The number of halogens is 1. The maximum atomic E-state index is 13.0. The van der Waals surface area contributed by atoms with Crippen molar-refractivity contribution in [2.24, 2.45) is 5.92 Å². The number of nitrogens with zero attached hydrogens (tertiary/aromatic N) is 3. The third-order valence-electron chi connectivity index (χ3n) is 3.60. The summed E-state index contributed by atoms with van der Waals surface area (Å²) in [6.07, 6.45) is 0.104. The molecule has 2 heterocycles. The van der Waals surface area contributed by atoms with E-state index in [1.165, 1.54) is 40.5 Å². The van der Waals surface area contributed by atoms with Gasteiger partial charge in [0.15, 0.2) is 0 Å². The van der Waals surface area contributed by atoms with Gasteiger partial charge in [-0.25, -0.2) is 4.39 Å². The molecule has 7 nitrogen and oxygen atoms in total. The maximum absolute atomic E-state index is 13.0. The normalized spacial score (nSPS) is 17.3. The Kier molecular flexibility index (Phi) is 4.81. The van der Waals surface area contributed by atoms with E-state index < -0.39 is 5.92 Å². The predicted octanol–water partition coefficient (Wildman–Crippen LogP) is 1.82. The lowest BCUT2D eigenvalue weighted by molar-refractivity contribution is -0.122. The number of hydrogen-bond acceptors (Lipinski definition) is 6. The molecule has 1 saturated heterocycles. The average Bonchev–Trinajstić information content (AvgIpc) is 3.15. The maximum Gasteiger partial charge on any atom is 0.231 e. The molecule has 1 unspecified atom stereocenters. The SMILES string of the molecule is COCc1nnc(NC(=O)C2CC(=O)N(c3ccc(F)cc3)C2)s1. The lowest BCUT2D eigenvalue weighted by atomic mass is 10.1. The second-order valence-electron chi connectivity index (χ2n) is 5.31. The van der Waals surface area contributed by atoms with Gasteiger partial charge < -0.3 is 15.0 Å². The molecule has 0 radical (unpaired) electrons.